The third-order valence-corrected chi connectivity index (χ3v) is 4.24. The normalized spacial score (nSPS) is 19.3. The van der Waals surface area contributed by atoms with Crippen molar-refractivity contribution in [3.05, 3.63) is 22.4 Å². The van der Waals surface area contributed by atoms with Crippen LogP contribution in [0.5, 0.6) is 0 Å². The summed E-state index contributed by atoms with van der Waals surface area (Å²) in [7, 11) is 1.87. The first-order chi connectivity index (χ1) is 9.25. The van der Waals surface area contributed by atoms with Crippen molar-refractivity contribution in [3.63, 3.8) is 0 Å². The molecule has 2 heterocycles. The number of hydrogen-bond acceptors (Lipinski definition) is 4. The lowest BCUT2D eigenvalue weighted by molar-refractivity contribution is -0.132. The van der Waals surface area contributed by atoms with Crippen LogP contribution in [0.4, 0.5) is 0 Å². The summed E-state index contributed by atoms with van der Waals surface area (Å²) in [5.41, 5.74) is 0. The second-order valence-electron chi connectivity index (χ2n) is 4.90. The van der Waals surface area contributed by atoms with Gasteiger partial charge in [0.05, 0.1) is 12.7 Å². The first-order valence-corrected chi connectivity index (χ1v) is 7.72. The fraction of sp³-hybridized carbons (Fsp3) is 0.643. The Kier molecular flexibility index (Phi) is 5.82. The lowest BCUT2D eigenvalue weighted by Gasteiger charge is -2.28. The van der Waals surface area contributed by atoms with E-state index in [9.17, 15) is 4.79 Å². The Hall–Kier alpha value is -0.910. The van der Waals surface area contributed by atoms with Gasteiger partial charge in [-0.2, -0.15) is 0 Å². The van der Waals surface area contributed by atoms with Crippen LogP contribution < -0.4 is 5.32 Å². The highest BCUT2D eigenvalue weighted by Crippen LogP contribution is 2.12. The van der Waals surface area contributed by atoms with Crippen molar-refractivity contribution in [2.45, 2.75) is 25.4 Å². The van der Waals surface area contributed by atoms with Crippen molar-refractivity contribution in [3.8, 4) is 0 Å². The van der Waals surface area contributed by atoms with Crippen molar-refractivity contribution in [1.29, 1.82) is 0 Å². The Balaban J connectivity index is 1.64. The van der Waals surface area contributed by atoms with Crippen molar-refractivity contribution in [2.75, 3.05) is 33.3 Å². The molecule has 1 aromatic heterocycles. The van der Waals surface area contributed by atoms with E-state index in [2.05, 4.69) is 22.8 Å². The number of likely N-dealkylation sites (N-methyl/N-ethyl adjacent to an activating group) is 1. The number of ether oxygens (including phenoxy) is 1. The zero-order valence-corrected chi connectivity index (χ0v) is 12.2. The summed E-state index contributed by atoms with van der Waals surface area (Å²) >= 11 is 1.76. The van der Waals surface area contributed by atoms with Crippen LogP contribution in [0.2, 0.25) is 0 Å². The molecule has 0 bridgehead atoms. The number of carbonyl (C=O) groups is 1. The minimum absolute atomic E-state index is 0.139. The average Bonchev–Trinajstić information content (AvgIpc) is 2.93. The van der Waals surface area contributed by atoms with Gasteiger partial charge in [-0.25, -0.2) is 0 Å². The van der Waals surface area contributed by atoms with Gasteiger partial charge in [-0.1, -0.05) is 6.07 Å². The topological polar surface area (TPSA) is 41.6 Å². The Labute approximate surface area is 118 Å². The number of rotatable bonds is 6. The number of morpholine rings is 1. The van der Waals surface area contributed by atoms with E-state index in [-0.39, 0.29) is 12.0 Å². The number of aryl methyl sites for hydroxylation is 1. The van der Waals surface area contributed by atoms with Crippen molar-refractivity contribution in [2.24, 2.45) is 0 Å². The Morgan fingerprint density at radius 1 is 1.63 bits per heavy atom. The first-order valence-electron chi connectivity index (χ1n) is 6.84. The Morgan fingerprint density at radius 2 is 2.53 bits per heavy atom. The van der Waals surface area contributed by atoms with Gasteiger partial charge in [-0.3, -0.25) is 4.79 Å². The number of hydrogen-bond donors (Lipinski definition) is 1. The monoisotopic (exact) mass is 282 g/mol. The molecule has 1 atom stereocenters. The number of nitrogens with one attached hydrogen (secondary N) is 1. The minimum Gasteiger partial charge on any atom is -0.374 e. The maximum Gasteiger partial charge on any atom is 0.222 e. The molecule has 5 heteroatoms. The smallest absolute Gasteiger partial charge is 0.222 e. The highest BCUT2D eigenvalue weighted by Gasteiger charge is 2.18. The molecule has 0 aromatic carbocycles. The van der Waals surface area contributed by atoms with E-state index in [0.29, 0.717) is 13.0 Å². The number of amides is 1. The van der Waals surface area contributed by atoms with Gasteiger partial charge in [-0.05, 0) is 24.3 Å². The zero-order chi connectivity index (χ0) is 13.5. The van der Waals surface area contributed by atoms with Crippen molar-refractivity contribution < 1.29 is 9.53 Å². The summed E-state index contributed by atoms with van der Waals surface area (Å²) in [5.74, 6) is 0.214. The van der Waals surface area contributed by atoms with E-state index in [1.165, 1.54) is 4.88 Å². The Bertz CT molecular complexity index is 375. The molecule has 1 amide bonds. The van der Waals surface area contributed by atoms with Crippen LogP contribution in [0.15, 0.2) is 17.5 Å². The number of carbonyl (C=O) groups excluding carboxylic acids is 1. The molecule has 1 N–H and O–H groups in total. The van der Waals surface area contributed by atoms with E-state index in [1.54, 1.807) is 16.2 Å². The van der Waals surface area contributed by atoms with Gasteiger partial charge in [0.1, 0.15) is 0 Å². The standard InChI is InChI=1S/C14H22N2O2S/c1-16(11-12-10-15-7-8-18-12)14(17)6-2-4-13-5-3-9-19-13/h3,5,9,12,15H,2,4,6-8,10-11H2,1H3. The van der Waals surface area contributed by atoms with Gasteiger partial charge < -0.3 is 15.0 Å². The molecular formula is C14H22N2O2S. The van der Waals surface area contributed by atoms with Gasteiger partial charge in [0, 0.05) is 38.0 Å². The minimum atomic E-state index is 0.139. The van der Waals surface area contributed by atoms with Crippen LogP contribution in [0.1, 0.15) is 17.7 Å². The molecule has 4 nitrogen and oxygen atoms in total. The van der Waals surface area contributed by atoms with Gasteiger partial charge >= 0.3 is 0 Å². The summed E-state index contributed by atoms with van der Waals surface area (Å²) in [6, 6.07) is 4.18. The van der Waals surface area contributed by atoms with Crippen LogP contribution >= 0.6 is 11.3 Å². The summed E-state index contributed by atoms with van der Waals surface area (Å²) in [6.07, 6.45) is 2.68. The van der Waals surface area contributed by atoms with Gasteiger partial charge in [0.2, 0.25) is 5.91 Å². The van der Waals surface area contributed by atoms with Crippen molar-refractivity contribution >= 4 is 17.2 Å². The van der Waals surface area contributed by atoms with E-state index < -0.39 is 0 Å². The summed E-state index contributed by atoms with van der Waals surface area (Å²) in [5, 5.41) is 5.36. The second-order valence-corrected chi connectivity index (χ2v) is 5.94. The molecule has 0 saturated carbocycles. The molecule has 19 heavy (non-hydrogen) atoms. The summed E-state index contributed by atoms with van der Waals surface area (Å²) in [4.78, 5) is 15.2. The highest BCUT2D eigenvalue weighted by atomic mass is 32.1. The molecule has 106 valence electrons. The predicted octanol–water partition coefficient (Wildman–Crippen LogP) is 1.52. The van der Waals surface area contributed by atoms with Crippen LogP contribution in [0.3, 0.4) is 0 Å². The van der Waals surface area contributed by atoms with E-state index in [0.717, 1.165) is 32.5 Å². The largest absolute Gasteiger partial charge is 0.374 e. The SMILES string of the molecule is CN(CC1CNCCO1)C(=O)CCCc1cccs1. The third kappa shape index (κ3) is 4.93. The molecule has 0 radical (unpaired) electrons. The van der Waals surface area contributed by atoms with E-state index in [1.807, 2.05) is 7.05 Å². The van der Waals surface area contributed by atoms with Crippen LogP contribution in [0, 0.1) is 0 Å². The second kappa shape index (κ2) is 7.62. The van der Waals surface area contributed by atoms with E-state index in [4.69, 9.17) is 4.74 Å². The molecule has 1 aliphatic rings. The predicted molar refractivity (Wildman–Crippen MR) is 77.5 cm³/mol. The van der Waals surface area contributed by atoms with Crippen LogP contribution in [-0.2, 0) is 16.0 Å². The highest BCUT2D eigenvalue weighted by molar-refractivity contribution is 7.09. The number of thiophene rings is 1. The first kappa shape index (κ1) is 14.5. The lowest BCUT2D eigenvalue weighted by atomic mass is 10.2. The molecular weight excluding hydrogens is 260 g/mol. The molecule has 1 unspecified atom stereocenters. The quantitative estimate of drug-likeness (QED) is 0.860. The van der Waals surface area contributed by atoms with E-state index >= 15 is 0 Å². The molecule has 1 fully saturated rings. The van der Waals surface area contributed by atoms with Gasteiger partial charge in [0.25, 0.3) is 0 Å². The fourth-order valence-electron chi connectivity index (χ4n) is 2.20. The molecule has 0 spiro atoms. The molecule has 2 rings (SSSR count). The molecule has 0 aliphatic carbocycles. The van der Waals surface area contributed by atoms with Gasteiger partial charge in [-0.15, -0.1) is 11.3 Å². The van der Waals surface area contributed by atoms with Crippen molar-refractivity contribution in [1.82, 2.24) is 10.2 Å². The van der Waals surface area contributed by atoms with Crippen LogP contribution in [0.25, 0.3) is 0 Å². The average molecular weight is 282 g/mol. The maximum atomic E-state index is 12.0. The molecule has 1 saturated heterocycles. The zero-order valence-electron chi connectivity index (χ0n) is 11.4. The lowest BCUT2D eigenvalue weighted by Crippen LogP contribution is -2.45. The fourth-order valence-corrected chi connectivity index (χ4v) is 2.96. The summed E-state index contributed by atoms with van der Waals surface area (Å²) in [6.45, 7) is 3.18. The Morgan fingerprint density at radius 3 is 3.21 bits per heavy atom. The summed E-state index contributed by atoms with van der Waals surface area (Å²) < 4.78 is 5.61. The third-order valence-electron chi connectivity index (χ3n) is 3.30. The maximum absolute atomic E-state index is 12.0. The van der Waals surface area contributed by atoms with Crippen LogP contribution in [-0.4, -0.2) is 50.2 Å². The molecule has 1 aliphatic heterocycles. The molecule has 1 aromatic rings. The number of nitrogens with zero attached hydrogens (tertiary/aromatic N) is 1. The van der Waals surface area contributed by atoms with Gasteiger partial charge in [0.15, 0.2) is 0 Å².